The average Bonchev–Trinajstić information content (AvgIpc) is 3.06. The summed E-state index contributed by atoms with van der Waals surface area (Å²) in [6, 6.07) is 33.4. The molecule has 1 heterocycles. The van der Waals surface area contributed by atoms with E-state index in [1.807, 2.05) is 45.0 Å². The second-order valence-electron chi connectivity index (χ2n) is 14.0. The maximum Gasteiger partial charge on any atom is 0.243 e. The number of rotatable bonds is 11. The third-order valence-corrected chi connectivity index (χ3v) is 10.3. The van der Waals surface area contributed by atoms with E-state index < -0.39 is 11.6 Å². The highest BCUT2D eigenvalue weighted by Crippen LogP contribution is 2.48. The Labute approximate surface area is 289 Å². The van der Waals surface area contributed by atoms with Gasteiger partial charge in [-0.1, -0.05) is 105 Å². The zero-order chi connectivity index (χ0) is 33.8. The molecule has 0 saturated carbocycles. The van der Waals surface area contributed by atoms with Gasteiger partial charge < -0.3 is 15.1 Å². The van der Waals surface area contributed by atoms with Crippen LogP contribution in [0.25, 0.3) is 21.5 Å². The Morgan fingerprint density at radius 2 is 1.44 bits per heavy atom. The van der Waals surface area contributed by atoms with Gasteiger partial charge >= 0.3 is 0 Å². The Morgan fingerprint density at radius 1 is 0.792 bits per heavy atom. The Balaban J connectivity index is 1.37. The minimum atomic E-state index is -0.699. The van der Waals surface area contributed by atoms with Crippen LogP contribution in [0.1, 0.15) is 71.4 Å². The first-order chi connectivity index (χ1) is 23.1. The first kappa shape index (κ1) is 33.6. The molecule has 0 aliphatic carbocycles. The van der Waals surface area contributed by atoms with E-state index in [9.17, 15) is 9.59 Å². The Morgan fingerprint density at radius 3 is 2.10 bits per heavy atom. The van der Waals surface area contributed by atoms with E-state index in [2.05, 4.69) is 89.9 Å². The van der Waals surface area contributed by atoms with E-state index >= 15 is 0 Å². The summed E-state index contributed by atoms with van der Waals surface area (Å²) in [5.41, 5.74) is 4.11. The van der Waals surface area contributed by atoms with Gasteiger partial charge in [-0.05, 0) is 90.2 Å². The summed E-state index contributed by atoms with van der Waals surface area (Å²) < 4.78 is 0. The van der Waals surface area contributed by atoms with Crippen molar-refractivity contribution in [2.75, 3.05) is 11.4 Å². The number of nitrogens with one attached hydrogen (secondary N) is 1. The Bertz CT molecular complexity index is 1890. The van der Waals surface area contributed by atoms with Gasteiger partial charge in [0.2, 0.25) is 11.8 Å². The highest BCUT2D eigenvalue weighted by molar-refractivity contribution is 7.99. The lowest BCUT2D eigenvalue weighted by atomic mass is 9.91. The third-order valence-electron chi connectivity index (χ3n) is 9.14. The quantitative estimate of drug-likeness (QED) is 0.113. The number of hydrogen-bond acceptors (Lipinski definition) is 4. The van der Waals surface area contributed by atoms with Gasteiger partial charge in [0.15, 0.2) is 0 Å². The molecule has 248 valence electrons. The summed E-state index contributed by atoms with van der Waals surface area (Å²) in [5.74, 6) is -0.267. The standard InChI is InChI=1S/C42H47N3O2S/c1-6-7-8-15-24-44-36-20-13-14-21-39(36)48-40-25-30(22-23-37(40)44)28-45(29(2)46)38(41(47)43-42(3,4)5)27-35-33-18-11-9-16-31(33)26-32-17-10-12-19-34(32)35/h9-14,16-23,25-26,38H,6-8,15,24,27-28H2,1-5H3,(H,43,47). The van der Waals surface area contributed by atoms with E-state index in [1.54, 1.807) is 23.6 Å². The minimum absolute atomic E-state index is 0.123. The lowest BCUT2D eigenvalue weighted by Gasteiger charge is -2.35. The van der Waals surface area contributed by atoms with Gasteiger partial charge in [0.25, 0.3) is 0 Å². The molecule has 5 aromatic rings. The number of carbonyl (C=O) groups excluding carboxylic acids is 2. The van der Waals surface area contributed by atoms with Crippen LogP contribution in [0.2, 0.25) is 0 Å². The summed E-state index contributed by atoms with van der Waals surface area (Å²) in [7, 11) is 0. The lowest BCUT2D eigenvalue weighted by Crippen LogP contribution is -2.54. The molecule has 1 aliphatic heterocycles. The first-order valence-electron chi connectivity index (χ1n) is 17.3. The van der Waals surface area contributed by atoms with Crippen LogP contribution in [0.3, 0.4) is 0 Å². The maximum atomic E-state index is 14.2. The lowest BCUT2D eigenvalue weighted by molar-refractivity contribution is -0.140. The molecule has 5 aromatic carbocycles. The largest absolute Gasteiger partial charge is 0.350 e. The number of anilines is 2. The highest BCUT2D eigenvalue weighted by atomic mass is 32.2. The molecule has 1 unspecified atom stereocenters. The fourth-order valence-electron chi connectivity index (χ4n) is 6.87. The van der Waals surface area contributed by atoms with Gasteiger partial charge in [-0.25, -0.2) is 0 Å². The summed E-state index contributed by atoms with van der Waals surface area (Å²) in [4.78, 5) is 34.4. The van der Waals surface area contributed by atoms with Gasteiger partial charge in [-0.15, -0.1) is 0 Å². The SMILES string of the molecule is CCCCCCN1c2ccccc2Sc2cc(CN(C(C)=O)C(Cc3c4ccccc4cc4ccccc34)C(=O)NC(C)(C)C)ccc21. The molecule has 6 rings (SSSR count). The maximum absolute atomic E-state index is 14.2. The number of nitrogens with zero attached hydrogens (tertiary/aromatic N) is 2. The van der Waals surface area contributed by atoms with Crippen LogP contribution in [0.15, 0.2) is 107 Å². The van der Waals surface area contributed by atoms with Crippen molar-refractivity contribution in [2.45, 2.75) is 94.6 Å². The van der Waals surface area contributed by atoms with E-state index in [-0.39, 0.29) is 11.8 Å². The number of carbonyl (C=O) groups is 2. The average molecular weight is 658 g/mol. The Kier molecular flexibility index (Phi) is 10.1. The molecule has 0 radical (unpaired) electrons. The number of fused-ring (bicyclic) bond motifs is 4. The van der Waals surface area contributed by atoms with Crippen molar-refractivity contribution in [1.29, 1.82) is 0 Å². The number of hydrogen-bond donors (Lipinski definition) is 1. The molecule has 1 atom stereocenters. The van der Waals surface area contributed by atoms with Crippen molar-refractivity contribution in [1.82, 2.24) is 10.2 Å². The van der Waals surface area contributed by atoms with Crippen molar-refractivity contribution < 1.29 is 9.59 Å². The molecular weight excluding hydrogens is 611 g/mol. The predicted octanol–water partition coefficient (Wildman–Crippen LogP) is 10.1. The molecule has 0 bridgehead atoms. The molecule has 1 aliphatic rings. The second kappa shape index (κ2) is 14.4. The fraction of sp³-hybridized carbons (Fsp3) is 0.333. The normalized spacial score (nSPS) is 13.2. The summed E-state index contributed by atoms with van der Waals surface area (Å²) in [6.45, 7) is 11.1. The highest BCUT2D eigenvalue weighted by Gasteiger charge is 2.32. The summed E-state index contributed by atoms with van der Waals surface area (Å²) >= 11 is 1.78. The van der Waals surface area contributed by atoms with Crippen molar-refractivity contribution in [3.8, 4) is 0 Å². The van der Waals surface area contributed by atoms with Gasteiger partial charge in [0.1, 0.15) is 6.04 Å². The van der Waals surface area contributed by atoms with Gasteiger partial charge in [-0.2, -0.15) is 0 Å². The van der Waals surface area contributed by atoms with E-state index in [1.165, 1.54) is 40.4 Å². The molecule has 6 heteroatoms. The summed E-state index contributed by atoms with van der Waals surface area (Å²) in [5, 5.41) is 7.68. The van der Waals surface area contributed by atoms with Gasteiger partial charge in [-0.3, -0.25) is 9.59 Å². The molecular formula is C42H47N3O2S. The molecule has 0 saturated heterocycles. The van der Waals surface area contributed by atoms with Crippen LogP contribution in [0.4, 0.5) is 11.4 Å². The van der Waals surface area contributed by atoms with E-state index in [0.29, 0.717) is 13.0 Å². The molecule has 2 amide bonds. The minimum Gasteiger partial charge on any atom is -0.350 e. The van der Waals surface area contributed by atoms with Crippen LogP contribution in [0.5, 0.6) is 0 Å². The monoisotopic (exact) mass is 657 g/mol. The van der Waals surface area contributed by atoms with Crippen LogP contribution >= 0.6 is 11.8 Å². The van der Waals surface area contributed by atoms with Crippen LogP contribution in [-0.4, -0.2) is 34.8 Å². The molecule has 1 N–H and O–H groups in total. The van der Waals surface area contributed by atoms with Gasteiger partial charge in [0, 0.05) is 41.8 Å². The summed E-state index contributed by atoms with van der Waals surface area (Å²) in [6.07, 6.45) is 5.22. The van der Waals surface area contributed by atoms with Crippen molar-refractivity contribution in [3.63, 3.8) is 0 Å². The smallest absolute Gasteiger partial charge is 0.243 e. The molecule has 0 fully saturated rings. The number of para-hydroxylation sites is 1. The van der Waals surface area contributed by atoms with Crippen LogP contribution in [-0.2, 0) is 22.6 Å². The number of benzene rings is 5. The van der Waals surface area contributed by atoms with Crippen LogP contribution < -0.4 is 10.2 Å². The van der Waals surface area contributed by atoms with Crippen molar-refractivity contribution in [3.05, 3.63) is 108 Å². The van der Waals surface area contributed by atoms with Gasteiger partial charge in [0.05, 0.1) is 11.4 Å². The molecule has 48 heavy (non-hydrogen) atoms. The Hall–Kier alpha value is -4.29. The topological polar surface area (TPSA) is 52.7 Å². The first-order valence-corrected chi connectivity index (χ1v) is 18.1. The van der Waals surface area contributed by atoms with Crippen molar-refractivity contribution in [2.24, 2.45) is 0 Å². The molecule has 0 aromatic heterocycles. The number of amides is 2. The second-order valence-corrected chi connectivity index (χ2v) is 15.1. The third kappa shape index (κ3) is 7.39. The number of unbranched alkanes of at least 4 members (excludes halogenated alkanes) is 3. The zero-order valence-electron chi connectivity index (χ0n) is 28.9. The molecule has 0 spiro atoms. The van der Waals surface area contributed by atoms with Crippen LogP contribution in [0, 0.1) is 0 Å². The molecule has 5 nitrogen and oxygen atoms in total. The van der Waals surface area contributed by atoms with E-state index in [4.69, 9.17) is 0 Å². The fourth-order valence-corrected chi connectivity index (χ4v) is 8.03. The zero-order valence-corrected chi connectivity index (χ0v) is 29.7. The van der Waals surface area contributed by atoms with Crippen molar-refractivity contribution >= 4 is 56.5 Å². The van der Waals surface area contributed by atoms with E-state index in [0.717, 1.165) is 45.6 Å². The predicted molar refractivity (Wildman–Crippen MR) is 201 cm³/mol.